The molecule has 4 nitrogen and oxygen atoms in total. The van der Waals surface area contributed by atoms with E-state index in [4.69, 9.17) is 5.73 Å². The van der Waals surface area contributed by atoms with E-state index in [1.54, 1.807) is 0 Å². The Morgan fingerprint density at radius 2 is 2.17 bits per heavy atom. The second kappa shape index (κ2) is 8.15. The minimum absolute atomic E-state index is 0.117. The second-order valence-corrected chi connectivity index (χ2v) is 7.40. The molecule has 0 radical (unpaired) electrons. The van der Waals surface area contributed by atoms with Gasteiger partial charge in [0, 0.05) is 36.3 Å². The fourth-order valence-corrected chi connectivity index (χ4v) is 3.67. The van der Waals surface area contributed by atoms with Crippen LogP contribution >= 0.6 is 15.9 Å². The van der Waals surface area contributed by atoms with Gasteiger partial charge in [-0.1, -0.05) is 35.8 Å². The lowest BCUT2D eigenvalue weighted by atomic mass is 9.81. The van der Waals surface area contributed by atoms with Gasteiger partial charge in [0.25, 0.3) is 0 Å². The number of halogens is 1. The molecule has 2 rings (SSSR count). The van der Waals surface area contributed by atoms with E-state index < -0.39 is 5.41 Å². The fourth-order valence-electron chi connectivity index (χ4n) is 3.28. The van der Waals surface area contributed by atoms with Gasteiger partial charge in [-0.05, 0) is 43.4 Å². The SMILES string of the molecule is CCC(CC)(CN)C(=O)NCC1CCN(c2cccc(Br)c2)C1. The van der Waals surface area contributed by atoms with E-state index >= 15 is 0 Å². The van der Waals surface area contributed by atoms with Crippen LogP contribution in [0.25, 0.3) is 0 Å². The van der Waals surface area contributed by atoms with Gasteiger partial charge in [-0.3, -0.25) is 4.79 Å². The van der Waals surface area contributed by atoms with E-state index in [-0.39, 0.29) is 5.91 Å². The maximum atomic E-state index is 12.5. The molecule has 1 unspecified atom stereocenters. The van der Waals surface area contributed by atoms with Crippen molar-refractivity contribution in [3.05, 3.63) is 28.7 Å². The first-order valence-corrected chi connectivity index (χ1v) is 9.32. The van der Waals surface area contributed by atoms with Gasteiger partial charge < -0.3 is 16.0 Å². The summed E-state index contributed by atoms with van der Waals surface area (Å²) < 4.78 is 1.10. The van der Waals surface area contributed by atoms with Gasteiger partial charge in [0.2, 0.25) is 5.91 Å². The van der Waals surface area contributed by atoms with E-state index in [1.165, 1.54) is 5.69 Å². The van der Waals surface area contributed by atoms with Crippen LogP contribution in [0.3, 0.4) is 0 Å². The minimum atomic E-state index is -0.400. The van der Waals surface area contributed by atoms with Crippen molar-refractivity contribution in [2.45, 2.75) is 33.1 Å². The van der Waals surface area contributed by atoms with Gasteiger partial charge in [0.05, 0.1) is 5.41 Å². The van der Waals surface area contributed by atoms with Gasteiger partial charge in [-0.2, -0.15) is 0 Å². The van der Waals surface area contributed by atoms with Crippen LogP contribution in [0.2, 0.25) is 0 Å². The number of carbonyl (C=O) groups excluding carboxylic acids is 1. The fraction of sp³-hybridized carbons (Fsp3) is 0.611. The van der Waals surface area contributed by atoms with Crippen LogP contribution in [-0.2, 0) is 4.79 Å². The van der Waals surface area contributed by atoms with Crippen molar-refractivity contribution in [2.24, 2.45) is 17.1 Å². The Labute approximate surface area is 147 Å². The predicted octanol–water partition coefficient (Wildman–Crippen LogP) is 3.16. The third-order valence-corrected chi connectivity index (χ3v) is 5.73. The van der Waals surface area contributed by atoms with E-state index in [9.17, 15) is 4.79 Å². The highest BCUT2D eigenvalue weighted by atomic mass is 79.9. The number of rotatable bonds is 7. The average molecular weight is 382 g/mol. The van der Waals surface area contributed by atoms with Crippen molar-refractivity contribution in [1.29, 1.82) is 0 Å². The molecule has 5 heteroatoms. The largest absolute Gasteiger partial charge is 0.371 e. The summed E-state index contributed by atoms with van der Waals surface area (Å²) in [5.41, 5.74) is 6.69. The van der Waals surface area contributed by atoms with Crippen LogP contribution in [0.4, 0.5) is 5.69 Å². The summed E-state index contributed by atoms with van der Waals surface area (Å²) in [5, 5.41) is 3.15. The molecule has 1 fully saturated rings. The summed E-state index contributed by atoms with van der Waals surface area (Å²) in [6.07, 6.45) is 2.70. The number of anilines is 1. The number of hydrogen-bond donors (Lipinski definition) is 2. The van der Waals surface area contributed by atoms with Crippen LogP contribution in [0, 0.1) is 11.3 Å². The third kappa shape index (κ3) is 4.27. The van der Waals surface area contributed by atoms with Gasteiger partial charge in [0.15, 0.2) is 0 Å². The summed E-state index contributed by atoms with van der Waals surface area (Å²) in [4.78, 5) is 14.9. The lowest BCUT2D eigenvalue weighted by molar-refractivity contribution is -0.131. The molecule has 1 atom stereocenters. The molecular formula is C18H28BrN3O. The standard InChI is InChI=1S/C18H28BrN3O/c1-3-18(4-2,13-20)17(23)21-11-14-8-9-22(12-14)16-7-5-6-15(19)10-16/h5-7,10,14H,3-4,8-9,11-13,20H2,1-2H3,(H,21,23). The number of nitrogens with one attached hydrogen (secondary N) is 1. The number of nitrogens with zero attached hydrogens (tertiary/aromatic N) is 1. The van der Waals surface area contributed by atoms with Crippen molar-refractivity contribution in [2.75, 3.05) is 31.1 Å². The maximum Gasteiger partial charge on any atom is 0.227 e. The Morgan fingerprint density at radius 3 is 2.78 bits per heavy atom. The smallest absolute Gasteiger partial charge is 0.227 e. The van der Waals surface area contributed by atoms with E-state index in [0.29, 0.717) is 12.5 Å². The monoisotopic (exact) mass is 381 g/mol. The summed E-state index contributed by atoms with van der Waals surface area (Å²) in [7, 11) is 0. The number of amides is 1. The molecule has 3 N–H and O–H groups in total. The second-order valence-electron chi connectivity index (χ2n) is 6.48. The molecule has 1 aromatic rings. The third-order valence-electron chi connectivity index (χ3n) is 5.24. The molecule has 0 bridgehead atoms. The highest BCUT2D eigenvalue weighted by Gasteiger charge is 2.34. The Morgan fingerprint density at radius 1 is 1.43 bits per heavy atom. The summed E-state index contributed by atoms with van der Waals surface area (Å²) >= 11 is 3.52. The van der Waals surface area contributed by atoms with Crippen molar-refractivity contribution in [1.82, 2.24) is 5.32 Å². The highest BCUT2D eigenvalue weighted by Crippen LogP contribution is 2.27. The van der Waals surface area contributed by atoms with Crippen molar-refractivity contribution < 1.29 is 4.79 Å². The molecule has 1 amide bonds. The molecule has 0 saturated carbocycles. The lowest BCUT2D eigenvalue weighted by Gasteiger charge is -2.29. The first-order valence-electron chi connectivity index (χ1n) is 8.53. The Balaban J connectivity index is 1.87. The average Bonchev–Trinajstić information content (AvgIpc) is 3.04. The Bertz CT molecular complexity index is 522. The molecular weight excluding hydrogens is 354 g/mol. The van der Waals surface area contributed by atoms with Gasteiger partial charge in [-0.15, -0.1) is 0 Å². The first kappa shape index (κ1) is 18.3. The molecule has 1 aromatic carbocycles. The molecule has 0 aromatic heterocycles. The maximum absolute atomic E-state index is 12.5. The number of hydrogen-bond acceptors (Lipinski definition) is 3. The van der Waals surface area contributed by atoms with Gasteiger partial charge in [-0.25, -0.2) is 0 Å². The molecule has 0 spiro atoms. The van der Waals surface area contributed by atoms with Crippen LogP contribution in [0.1, 0.15) is 33.1 Å². The minimum Gasteiger partial charge on any atom is -0.371 e. The molecule has 23 heavy (non-hydrogen) atoms. The zero-order chi connectivity index (χ0) is 16.9. The van der Waals surface area contributed by atoms with Crippen LogP contribution in [0.5, 0.6) is 0 Å². The van der Waals surface area contributed by atoms with Crippen molar-refractivity contribution in [3.63, 3.8) is 0 Å². The van der Waals surface area contributed by atoms with Crippen LogP contribution in [-0.4, -0.2) is 32.1 Å². The van der Waals surface area contributed by atoms with E-state index in [0.717, 1.165) is 43.4 Å². The summed E-state index contributed by atoms with van der Waals surface area (Å²) in [6.45, 7) is 7.28. The molecule has 1 aliphatic heterocycles. The quantitative estimate of drug-likeness (QED) is 0.762. The number of carbonyl (C=O) groups is 1. The van der Waals surface area contributed by atoms with Crippen LogP contribution in [0.15, 0.2) is 28.7 Å². The molecule has 1 heterocycles. The van der Waals surface area contributed by atoms with Crippen molar-refractivity contribution >= 4 is 27.5 Å². The Hall–Kier alpha value is -1.07. The molecule has 1 saturated heterocycles. The molecule has 0 aliphatic carbocycles. The van der Waals surface area contributed by atoms with Crippen molar-refractivity contribution in [3.8, 4) is 0 Å². The number of benzene rings is 1. The number of nitrogens with two attached hydrogens (primary N) is 1. The Kier molecular flexibility index (Phi) is 6.48. The van der Waals surface area contributed by atoms with Crippen LogP contribution < -0.4 is 16.0 Å². The zero-order valence-electron chi connectivity index (χ0n) is 14.1. The topological polar surface area (TPSA) is 58.4 Å². The highest BCUT2D eigenvalue weighted by molar-refractivity contribution is 9.10. The van der Waals surface area contributed by atoms with E-state index in [2.05, 4.69) is 44.3 Å². The summed E-state index contributed by atoms with van der Waals surface area (Å²) in [6, 6.07) is 8.39. The zero-order valence-corrected chi connectivity index (χ0v) is 15.7. The van der Waals surface area contributed by atoms with Gasteiger partial charge >= 0.3 is 0 Å². The normalized spacial score (nSPS) is 18.3. The molecule has 1 aliphatic rings. The first-order chi connectivity index (χ1) is 11.0. The molecule has 128 valence electrons. The summed E-state index contributed by atoms with van der Waals surface area (Å²) in [5.74, 6) is 0.619. The lowest BCUT2D eigenvalue weighted by Crippen LogP contribution is -2.46. The van der Waals surface area contributed by atoms with Gasteiger partial charge in [0.1, 0.15) is 0 Å². The van der Waals surface area contributed by atoms with E-state index in [1.807, 2.05) is 19.9 Å². The predicted molar refractivity (Wildman–Crippen MR) is 99.5 cm³/mol.